The van der Waals surface area contributed by atoms with E-state index in [1.165, 1.54) is 17.6 Å². The second-order valence-corrected chi connectivity index (χ2v) is 10.5. The standard InChI is InChI=1S/C22H21N7O2S2/c1-3-15-12-23-20(24-13-15)28-10-8-17(9-11-28)25-21-27-29-14-19(26-22(29)32-21)16-4-6-18(7-5-16)33(2,30)31/h4-10,12-14H,3,11H2,1-2H3,(H,25,27). The monoisotopic (exact) mass is 479 g/mol. The van der Waals surface area contributed by atoms with Crippen LogP contribution in [0, 0.1) is 0 Å². The van der Waals surface area contributed by atoms with Crippen LogP contribution in [0.3, 0.4) is 0 Å². The van der Waals surface area contributed by atoms with Crippen LogP contribution in [0.4, 0.5) is 11.1 Å². The summed E-state index contributed by atoms with van der Waals surface area (Å²) in [6.45, 7) is 2.73. The molecule has 0 saturated heterocycles. The summed E-state index contributed by atoms with van der Waals surface area (Å²) in [5, 5.41) is 8.60. The Morgan fingerprint density at radius 2 is 1.91 bits per heavy atom. The summed E-state index contributed by atoms with van der Waals surface area (Å²) in [4.78, 5) is 16.5. The van der Waals surface area contributed by atoms with E-state index in [-0.39, 0.29) is 4.90 Å². The summed E-state index contributed by atoms with van der Waals surface area (Å²) in [6, 6.07) is 6.69. The number of benzene rings is 1. The lowest BCUT2D eigenvalue weighted by Gasteiger charge is -2.20. The molecule has 4 aromatic rings. The van der Waals surface area contributed by atoms with E-state index >= 15 is 0 Å². The minimum absolute atomic E-state index is 0.286. The first-order valence-electron chi connectivity index (χ1n) is 10.3. The van der Waals surface area contributed by atoms with Crippen LogP contribution in [0.1, 0.15) is 12.5 Å². The molecule has 0 spiro atoms. The molecule has 0 saturated carbocycles. The van der Waals surface area contributed by atoms with Crippen LogP contribution in [0.15, 0.2) is 71.8 Å². The predicted octanol–water partition coefficient (Wildman–Crippen LogP) is 3.54. The molecule has 0 unspecified atom stereocenters. The van der Waals surface area contributed by atoms with Gasteiger partial charge in [-0.15, -0.1) is 5.10 Å². The van der Waals surface area contributed by atoms with E-state index in [4.69, 9.17) is 0 Å². The van der Waals surface area contributed by atoms with Gasteiger partial charge in [0.05, 0.1) is 16.8 Å². The summed E-state index contributed by atoms with van der Waals surface area (Å²) in [5.74, 6) is 0.670. The molecule has 1 aromatic carbocycles. The first-order valence-corrected chi connectivity index (χ1v) is 13.0. The van der Waals surface area contributed by atoms with E-state index in [1.54, 1.807) is 28.8 Å². The molecule has 3 aromatic heterocycles. The Morgan fingerprint density at radius 3 is 2.52 bits per heavy atom. The highest BCUT2D eigenvalue weighted by Crippen LogP contribution is 2.26. The van der Waals surface area contributed by atoms with Crippen molar-refractivity contribution >= 4 is 37.2 Å². The number of rotatable bonds is 6. The maximum atomic E-state index is 11.6. The molecule has 0 atom stereocenters. The average molecular weight is 480 g/mol. The van der Waals surface area contributed by atoms with Gasteiger partial charge in [-0.05, 0) is 36.3 Å². The van der Waals surface area contributed by atoms with E-state index in [2.05, 4.69) is 38.4 Å². The van der Waals surface area contributed by atoms with E-state index in [0.717, 1.165) is 39.0 Å². The van der Waals surface area contributed by atoms with Crippen molar-refractivity contribution in [1.29, 1.82) is 0 Å². The second-order valence-electron chi connectivity index (χ2n) is 7.55. The van der Waals surface area contributed by atoms with Gasteiger partial charge in [-0.1, -0.05) is 30.4 Å². The molecule has 1 N–H and O–H groups in total. The maximum absolute atomic E-state index is 11.6. The molecule has 0 aliphatic carbocycles. The molecule has 9 nitrogen and oxygen atoms in total. The second kappa shape index (κ2) is 8.41. The Hall–Kier alpha value is -3.57. The number of aromatic nitrogens is 5. The van der Waals surface area contributed by atoms with Crippen LogP contribution in [0.25, 0.3) is 16.2 Å². The molecule has 0 radical (unpaired) electrons. The normalized spacial score (nSPS) is 14.0. The number of hydrogen-bond acceptors (Lipinski definition) is 9. The highest BCUT2D eigenvalue weighted by atomic mass is 32.2. The van der Waals surface area contributed by atoms with E-state index < -0.39 is 9.84 Å². The molecular weight excluding hydrogens is 458 g/mol. The molecule has 1 aliphatic heterocycles. The highest BCUT2D eigenvalue weighted by Gasteiger charge is 2.14. The zero-order valence-corrected chi connectivity index (χ0v) is 19.6. The molecule has 0 fully saturated rings. The number of nitrogens with one attached hydrogen (secondary N) is 1. The topological polar surface area (TPSA) is 105 Å². The summed E-state index contributed by atoms with van der Waals surface area (Å²) >= 11 is 1.44. The number of anilines is 2. The van der Waals surface area contributed by atoms with Crippen molar-refractivity contribution in [3.8, 4) is 11.3 Å². The van der Waals surface area contributed by atoms with Gasteiger partial charge in [-0.3, -0.25) is 0 Å². The average Bonchev–Trinajstić information content (AvgIpc) is 3.38. The zero-order chi connectivity index (χ0) is 23.0. The van der Waals surface area contributed by atoms with Gasteiger partial charge in [0, 0.05) is 42.7 Å². The van der Waals surface area contributed by atoms with E-state index in [1.807, 2.05) is 35.8 Å². The van der Waals surface area contributed by atoms with Crippen molar-refractivity contribution in [2.45, 2.75) is 18.2 Å². The fraction of sp³-hybridized carbons (Fsp3) is 0.182. The van der Waals surface area contributed by atoms with Crippen molar-refractivity contribution in [3.05, 3.63) is 72.5 Å². The van der Waals surface area contributed by atoms with Crippen LogP contribution < -0.4 is 10.2 Å². The van der Waals surface area contributed by atoms with Gasteiger partial charge in [-0.2, -0.15) is 0 Å². The molecule has 4 heterocycles. The van der Waals surface area contributed by atoms with Gasteiger partial charge in [0.1, 0.15) is 0 Å². The van der Waals surface area contributed by atoms with Crippen molar-refractivity contribution in [2.24, 2.45) is 0 Å². The largest absolute Gasteiger partial charge is 0.330 e. The third-order valence-corrected chi connectivity index (χ3v) is 7.14. The Labute approximate surface area is 195 Å². The van der Waals surface area contributed by atoms with Crippen LogP contribution in [-0.4, -0.2) is 45.8 Å². The highest BCUT2D eigenvalue weighted by molar-refractivity contribution is 7.90. The third kappa shape index (κ3) is 4.50. The lowest BCUT2D eigenvalue weighted by atomic mass is 10.2. The number of hydrogen-bond donors (Lipinski definition) is 1. The lowest BCUT2D eigenvalue weighted by molar-refractivity contribution is 0.602. The van der Waals surface area contributed by atoms with Gasteiger partial charge < -0.3 is 10.2 Å². The summed E-state index contributed by atoms with van der Waals surface area (Å²) in [5.41, 5.74) is 3.62. The number of aryl methyl sites for hydroxylation is 1. The van der Waals surface area contributed by atoms with Crippen molar-refractivity contribution in [3.63, 3.8) is 0 Å². The lowest BCUT2D eigenvalue weighted by Crippen LogP contribution is -2.22. The smallest absolute Gasteiger partial charge is 0.229 e. The number of fused-ring (bicyclic) bond motifs is 1. The minimum atomic E-state index is -3.22. The molecule has 11 heteroatoms. The molecule has 5 rings (SSSR count). The number of sulfone groups is 1. The fourth-order valence-electron chi connectivity index (χ4n) is 3.30. The molecule has 0 bridgehead atoms. The van der Waals surface area contributed by atoms with Gasteiger partial charge in [-0.25, -0.2) is 27.9 Å². The molecule has 33 heavy (non-hydrogen) atoms. The third-order valence-electron chi connectivity index (χ3n) is 5.17. The SMILES string of the molecule is CCc1cnc(N2C=CC(Nc3nn4cc(-c5ccc(S(C)(=O)=O)cc5)nc4s3)=CC2)nc1. The van der Waals surface area contributed by atoms with Crippen molar-refractivity contribution < 1.29 is 8.42 Å². The molecule has 1 aliphatic rings. The summed E-state index contributed by atoms with van der Waals surface area (Å²) in [7, 11) is -3.22. The number of imidazole rings is 1. The van der Waals surface area contributed by atoms with Gasteiger partial charge >= 0.3 is 0 Å². The first-order chi connectivity index (χ1) is 15.9. The van der Waals surface area contributed by atoms with Crippen LogP contribution >= 0.6 is 11.3 Å². The summed E-state index contributed by atoms with van der Waals surface area (Å²) < 4.78 is 25.0. The molecule has 0 amide bonds. The van der Waals surface area contributed by atoms with Crippen molar-refractivity contribution in [2.75, 3.05) is 23.0 Å². The predicted molar refractivity (Wildman–Crippen MR) is 129 cm³/mol. The van der Waals surface area contributed by atoms with Gasteiger partial charge in [0.2, 0.25) is 16.0 Å². The Bertz CT molecular complexity index is 1440. The molecular formula is C22H21N7O2S2. The first kappa shape index (κ1) is 21.3. The van der Waals surface area contributed by atoms with E-state index in [9.17, 15) is 8.42 Å². The van der Waals surface area contributed by atoms with Gasteiger partial charge in [0.15, 0.2) is 9.84 Å². The fourth-order valence-corrected chi connectivity index (χ4v) is 4.73. The Balaban J connectivity index is 1.26. The Morgan fingerprint density at radius 1 is 1.15 bits per heavy atom. The number of allylic oxidation sites excluding steroid dienone is 1. The van der Waals surface area contributed by atoms with Gasteiger partial charge in [0.25, 0.3) is 0 Å². The van der Waals surface area contributed by atoms with Crippen LogP contribution in [0.5, 0.6) is 0 Å². The quantitative estimate of drug-likeness (QED) is 0.448. The number of nitrogens with zero attached hydrogens (tertiary/aromatic N) is 6. The maximum Gasteiger partial charge on any atom is 0.229 e. The minimum Gasteiger partial charge on any atom is -0.330 e. The van der Waals surface area contributed by atoms with Crippen molar-refractivity contribution in [1.82, 2.24) is 24.6 Å². The van der Waals surface area contributed by atoms with Crippen LogP contribution in [0.2, 0.25) is 0 Å². The zero-order valence-electron chi connectivity index (χ0n) is 18.0. The Kier molecular flexibility index (Phi) is 5.43. The molecule has 168 valence electrons. The van der Waals surface area contributed by atoms with Crippen LogP contribution in [-0.2, 0) is 16.3 Å². The summed E-state index contributed by atoms with van der Waals surface area (Å²) in [6.07, 6.45) is 13.6. The van der Waals surface area contributed by atoms with E-state index in [0.29, 0.717) is 12.5 Å².